The number of aliphatic hydroxyl groups excluding tert-OH is 2. The van der Waals surface area contributed by atoms with Crippen LogP contribution in [0.5, 0.6) is 28.7 Å². The lowest BCUT2D eigenvalue weighted by molar-refractivity contribution is -0.220. The molecule has 26 heteroatoms. The summed E-state index contributed by atoms with van der Waals surface area (Å²) in [5, 5.41) is 50.4. The highest BCUT2D eigenvalue weighted by Gasteiger charge is 2.67. The SMILES string of the molecule is CCC(C)(C)C(=O)OC12CC3CC(C1)CC(C(=O)OC(COCc1cc(CO)c(O)c(CO)c1O)c1ccccc1)(C3)C2.CCC(C)(F)C(=O)OC12CC3CC(C1)CC(C(=O)OCCOCc1cc(COC)c(OC)c(COC)c1OC)(C3)C2.CCC(C)C(=O)OC12CC3CC(C1)CC(C(=O)OCc1cc(COC)c(O)c(COC)c1)(C3)C2. The third kappa shape index (κ3) is 19.9. The average molecular weight is 1650 g/mol. The Morgan fingerprint density at radius 2 is 0.915 bits per heavy atom. The lowest BCUT2D eigenvalue weighted by Crippen LogP contribution is -2.60. The number of alkyl halides is 1. The van der Waals surface area contributed by atoms with E-state index in [9.17, 15) is 58.7 Å². The fraction of sp³-hybridized carbons (Fsp3) is 0.674. The second-order valence-corrected chi connectivity index (χ2v) is 36.6. The Hall–Kier alpha value is -7.69. The molecule has 12 aliphatic rings. The summed E-state index contributed by atoms with van der Waals surface area (Å²) in [6.45, 7) is 13.1. The van der Waals surface area contributed by atoms with Gasteiger partial charge in [0.05, 0.1) is 119 Å². The lowest BCUT2D eigenvalue weighted by atomic mass is 9.48. The van der Waals surface area contributed by atoms with Gasteiger partial charge in [0.1, 0.15) is 58.8 Å². The largest absolute Gasteiger partial charge is 0.507 e. The number of methoxy groups -OCH3 is 6. The van der Waals surface area contributed by atoms with Crippen LogP contribution < -0.4 is 9.47 Å². The fourth-order valence-electron chi connectivity index (χ4n) is 21.9. The zero-order valence-electron chi connectivity index (χ0n) is 71.4. The summed E-state index contributed by atoms with van der Waals surface area (Å²) in [5.74, 6) is 0.586. The van der Waals surface area contributed by atoms with E-state index in [1.165, 1.54) is 13.0 Å². The summed E-state index contributed by atoms with van der Waals surface area (Å²) in [4.78, 5) is 79.6. The normalized spacial score (nSPS) is 28.1. The maximum Gasteiger partial charge on any atom is 0.344 e. The maximum absolute atomic E-state index is 14.7. The minimum atomic E-state index is -2.03. The summed E-state index contributed by atoms with van der Waals surface area (Å²) >= 11 is 0. The summed E-state index contributed by atoms with van der Waals surface area (Å²) in [7, 11) is 9.53. The molecule has 4 aromatic carbocycles. The Kier molecular flexibility index (Phi) is 29.4. The number of ether oxygens (including phenoxy) is 14. The molecule has 0 amide bonds. The van der Waals surface area contributed by atoms with Crippen molar-refractivity contribution in [1.82, 2.24) is 0 Å². The Morgan fingerprint density at radius 1 is 0.475 bits per heavy atom. The molecular formula is C92H127FO25. The van der Waals surface area contributed by atoms with E-state index in [4.69, 9.17) is 66.3 Å². The standard InChI is InChI=1S/C34H44O9.C31H45FO9.C27H38O7/c1-4-32(2,3)30(39)43-34-14-21-10-22(15-34)13-33(12-21,20-34)31(40)42-27(23-8-6-5-7-9-23)19-41-18-25-11-24(16-35)28(37)26(17-36)29(25)38;1-7-29(2,32)27(33)41-31-14-20-10-21(15-31)13-30(12-20,19-31)28(34)40-9-8-39-17-23-11-22(16-35-3)25(37-5)24(18-36-4)26(23)38-6;1-5-17(2)24(29)34-27-11-19-6-20(12-27)10-26(9-19,16-27)25(30)33-13-18-7-21(14-31-3)23(28)22(8-18)15-32-4/h5-9,11,21-22,27,35-38H,4,10,12-20H2,1-3H3;11,20-21H,7-10,12-19H2,1-6H3;7-8,17,19-20,28H,5-6,9-16H2,1-4H3. The minimum Gasteiger partial charge on any atom is -0.507 e. The third-order valence-electron chi connectivity index (χ3n) is 27.1. The van der Waals surface area contributed by atoms with Gasteiger partial charge in [-0.05, 0) is 207 Å². The van der Waals surface area contributed by atoms with Crippen LogP contribution >= 0.6 is 0 Å². The highest BCUT2D eigenvalue weighted by molar-refractivity contribution is 5.82. The smallest absolute Gasteiger partial charge is 0.344 e. The first-order chi connectivity index (χ1) is 56.2. The first kappa shape index (κ1) is 91.1. The molecule has 12 aliphatic carbocycles. The van der Waals surface area contributed by atoms with Crippen LogP contribution in [-0.4, -0.2) is 146 Å². The molecule has 118 heavy (non-hydrogen) atoms. The zero-order valence-corrected chi connectivity index (χ0v) is 71.4. The van der Waals surface area contributed by atoms with Gasteiger partial charge in [0.25, 0.3) is 0 Å². The number of hydrogen-bond acceptors (Lipinski definition) is 25. The highest BCUT2D eigenvalue weighted by Crippen LogP contribution is 2.67. The van der Waals surface area contributed by atoms with Crippen LogP contribution in [0.3, 0.4) is 0 Å². The van der Waals surface area contributed by atoms with E-state index in [-0.39, 0.29) is 141 Å². The summed E-state index contributed by atoms with van der Waals surface area (Å²) in [5.41, 5.74) is -1.02. The first-order valence-corrected chi connectivity index (χ1v) is 42.2. The Labute approximate surface area is 693 Å². The van der Waals surface area contributed by atoms with Crippen LogP contribution in [0.2, 0.25) is 0 Å². The van der Waals surface area contributed by atoms with E-state index in [0.717, 1.165) is 118 Å². The number of benzene rings is 4. The van der Waals surface area contributed by atoms with Gasteiger partial charge in [0.15, 0.2) is 6.10 Å². The summed E-state index contributed by atoms with van der Waals surface area (Å²) in [6, 6.07) is 16.3. The summed E-state index contributed by atoms with van der Waals surface area (Å²) in [6.07, 6.45) is 14.5. The van der Waals surface area contributed by atoms with E-state index in [1.807, 2.05) is 71.0 Å². The average Bonchev–Trinajstić information content (AvgIpc) is 0.723. The molecule has 5 N–H and O–H groups in total. The molecule has 25 nitrogen and oxygen atoms in total. The van der Waals surface area contributed by atoms with E-state index in [0.29, 0.717) is 98.0 Å². The van der Waals surface area contributed by atoms with Crippen molar-refractivity contribution in [2.75, 3.05) is 62.5 Å². The highest BCUT2D eigenvalue weighted by atomic mass is 19.1. The molecule has 12 saturated carbocycles. The number of phenols is 3. The van der Waals surface area contributed by atoms with Gasteiger partial charge in [0, 0.05) is 81.1 Å². The summed E-state index contributed by atoms with van der Waals surface area (Å²) < 4.78 is 95.2. The van der Waals surface area contributed by atoms with Crippen LogP contribution in [0.25, 0.3) is 0 Å². The second kappa shape index (κ2) is 38.2. The van der Waals surface area contributed by atoms with E-state index in [2.05, 4.69) is 0 Å². The Morgan fingerprint density at radius 3 is 1.38 bits per heavy atom. The third-order valence-corrected chi connectivity index (χ3v) is 27.1. The van der Waals surface area contributed by atoms with Crippen molar-refractivity contribution in [3.63, 3.8) is 0 Å². The van der Waals surface area contributed by atoms with Gasteiger partial charge in [-0.1, -0.05) is 58.0 Å². The monoisotopic (exact) mass is 1650 g/mol. The van der Waals surface area contributed by atoms with Gasteiger partial charge in [-0.3, -0.25) is 24.0 Å². The van der Waals surface area contributed by atoms with Gasteiger partial charge >= 0.3 is 35.8 Å². The van der Waals surface area contributed by atoms with Crippen LogP contribution in [0.15, 0.2) is 54.6 Å². The molecule has 0 aliphatic heterocycles. The molecule has 16 rings (SSSR count). The van der Waals surface area contributed by atoms with Crippen molar-refractivity contribution in [2.24, 2.45) is 63.1 Å². The van der Waals surface area contributed by atoms with Crippen LogP contribution in [0.1, 0.15) is 245 Å². The van der Waals surface area contributed by atoms with Crippen molar-refractivity contribution in [1.29, 1.82) is 0 Å². The van der Waals surface area contributed by atoms with Crippen molar-refractivity contribution >= 4 is 35.8 Å². The molecule has 9 atom stereocenters. The number of phenolic OH excluding ortho intramolecular Hbond substituents is 1. The first-order valence-electron chi connectivity index (χ1n) is 42.2. The number of carbonyl (C=O) groups is 6. The molecule has 0 aromatic heterocycles. The van der Waals surface area contributed by atoms with E-state index in [1.54, 1.807) is 61.7 Å². The number of hydrogen-bond donors (Lipinski definition) is 5. The molecule has 0 heterocycles. The molecule has 12 bridgehead atoms. The lowest BCUT2D eigenvalue weighted by Gasteiger charge is -2.60. The van der Waals surface area contributed by atoms with Crippen molar-refractivity contribution in [3.05, 3.63) is 110 Å². The van der Waals surface area contributed by atoms with Crippen molar-refractivity contribution in [2.45, 2.75) is 271 Å². The van der Waals surface area contributed by atoms with Crippen molar-refractivity contribution < 1.29 is 125 Å². The fourth-order valence-corrected chi connectivity index (χ4v) is 21.9. The second-order valence-electron chi connectivity index (χ2n) is 36.6. The van der Waals surface area contributed by atoms with Crippen molar-refractivity contribution in [3.8, 4) is 28.7 Å². The molecule has 0 spiro atoms. The van der Waals surface area contributed by atoms with E-state index >= 15 is 0 Å². The predicted octanol–water partition coefficient (Wildman–Crippen LogP) is 14.9. The van der Waals surface area contributed by atoms with Gasteiger partial charge < -0.3 is 91.8 Å². The maximum atomic E-state index is 14.7. The molecule has 9 unspecified atom stereocenters. The van der Waals surface area contributed by atoms with Gasteiger partial charge in [-0.2, -0.15) is 0 Å². The molecule has 652 valence electrons. The molecule has 0 saturated heterocycles. The Bertz CT molecular complexity index is 4120. The van der Waals surface area contributed by atoms with Crippen LogP contribution in [0, 0.1) is 63.1 Å². The zero-order chi connectivity index (χ0) is 85.3. The van der Waals surface area contributed by atoms with Gasteiger partial charge in [-0.15, -0.1) is 0 Å². The van der Waals surface area contributed by atoms with E-state index < -0.39 is 69.4 Å². The minimum absolute atomic E-state index is 0.00720. The number of aromatic hydroxyl groups is 3. The predicted molar refractivity (Wildman–Crippen MR) is 429 cm³/mol. The number of rotatable bonds is 37. The number of halogens is 1. The molecule has 0 radical (unpaired) electrons. The topological polar surface area (TPSA) is 333 Å². The number of carbonyl (C=O) groups excluding carboxylic acids is 6. The molecule has 4 aromatic rings. The molecular weight excluding hydrogens is 1520 g/mol. The molecule has 12 fully saturated rings. The van der Waals surface area contributed by atoms with Gasteiger partial charge in [-0.25, -0.2) is 9.18 Å². The Balaban J connectivity index is 0.000000175. The quantitative estimate of drug-likeness (QED) is 0.0159. The van der Waals surface area contributed by atoms with Crippen LogP contribution in [0.4, 0.5) is 4.39 Å². The number of esters is 6. The van der Waals surface area contributed by atoms with Crippen LogP contribution in [-0.2, 0) is 145 Å². The number of aliphatic hydroxyl groups is 2. The van der Waals surface area contributed by atoms with Gasteiger partial charge in [0.2, 0.25) is 5.67 Å².